The zero-order chi connectivity index (χ0) is 24.3. The number of aromatic amines is 1. The number of hydrogen-bond donors (Lipinski definition) is 4. The second-order valence-electron chi connectivity index (χ2n) is 8.79. The van der Waals surface area contributed by atoms with Gasteiger partial charge in [-0.1, -0.05) is 24.3 Å². The Balaban J connectivity index is 1.41. The maximum atomic E-state index is 13.7. The molecule has 1 aliphatic heterocycles. The summed E-state index contributed by atoms with van der Waals surface area (Å²) in [5.41, 5.74) is 3.88. The molecule has 2 aromatic heterocycles. The van der Waals surface area contributed by atoms with Crippen LogP contribution in [0.1, 0.15) is 11.1 Å². The van der Waals surface area contributed by atoms with E-state index in [1.54, 1.807) is 30.7 Å². The van der Waals surface area contributed by atoms with E-state index in [0.717, 1.165) is 27.7 Å². The fourth-order valence-electron chi connectivity index (χ4n) is 4.83. The Morgan fingerprint density at radius 3 is 2.60 bits per heavy atom. The van der Waals surface area contributed by atoms with Crippen LogP contribution in [0.25, 0.3) is 32.9 Å². The topological polar surface area (TPSA) is 112 Å². The van der Waals surface area contributed by atoms with E-state index in [2.05, 4.69) is 20.6 Å². The number of amides is 3. The SMILES string of the molecule is Cc1cc(-c2ccc([C@]3(Cn4cc5ccc(F)cc5c4O)NC(=O)NC3=O)cc2)cc2[nH]cnc12. The van der Waals surface area contributed by atoms with Crippen LogP contribution in [0.5, 0.6) is 5.88 Å². The minimum Gasteiger partial charge on any atom is -0.494 e. The van der Waals surface area contributed by atoms with Gasteiger partial charge in [0.1, 0.15) is 5.82 Å². The van der Waals surface area contributed by atoms with Crippen LogP contribution in [-0.2, 0) is 16.9 Å². The number of aromatic nitrogens is 3. The molecule has 35 heavy (non-hydrogen) atoms. The molecule has 0 bridgehead atoms. The van der Waals surface area contributed by atoms with Gasteiger partial charge in [0.2, 0.25) is 0 Å². The summed E-state index contributed by atoms with van der Waals surface area (Å²) in [7, 11) is 0. The molecule has 0 saturated carbocycles. The van der Waals surface area contributed by atoms with Crippen LogP contribution in [0.15, 0.2) is 67.1 Å². The van der Waals surface area contributed by atoms with Crippen molar-refractivity contribution < 1.29 is 19.1 Å². The summed E-state index contributed by atoms with van der Waals surface area (Å²) >= 11 is 0. The minimum absolute atomic E-state index is 0.0781. The first-order valence-electron chi connectivity index (χ1n) is 11.0. The molecular weight excluding hydrogens is 449 g/mol. The number of carbonyl (C=O) groups excluding carboxylic acids is 2. The lowest BCUT2D eigenvalue weighted by Crippen LogP contribution is -2.47. The van der Waals surface area contributed by atoms with Crippen LogP contribution >= 0.6 is 0 Å². The third-order valence-corrected chi connectivity index (χ3v) is 6.60. The lowest BCUT2D eigenvalue weighted by molar-refractivity contribution is -0.124. The summed E-state index contributed by atoms with van der Waals surface area (Å²) in [6.07, 6.45) is 3.28. The summed E-state index contributed by atoms with van der Waals surface area (Å²) in [5, 5.41) is 16.7. The molecule has 0 spiro atoms. The molecule has 3 heterocycles. The zero-order valence-electron chi connectivity index (χ0n) is 18.6. The highest BCUT2D eigenvalue weighted by atomic mass is 19.1. The molecule has 1 atom stereocenters. The fraction of sp³-hybridized carbons (Fsp3) is 0.115. The van der Waals surface area contributed by atoms with Crippen LogP contribution in [0, 0.1) is 12.7 Å². The fourth-order valence-corrected chi connectivity index (χ4v) is 4.83. The number of rotatable bonds is 4. The summed E-state index contributed by atoms with van der Waals surface area (Å²) in [6.45, 7) is 1.92. The predicted octanol–water partition coefficient (Wildman–Crippen LogP) is 4.07. The van der Waals surface area contributed by atoms with Crippen LogP contribution in [0.2, 0.25) is 0 Å². The Morgan fingerprint density at radius 1 is 1.06 bits per heavy atom. The predicted molar refractivity (Wildman–Crippen MR) is 128 cm³/mol. The number of fused-ring (bicyclic) bond motifs is 2. The van der Waals surface area contributed by atoms with E-state index in [4.69, 9.17) is 0 Å². The van der Waals surface area contributed by atoms with Gasteiger partial charge in [-0.25, -0.2) is 14.2 Å². The van der Waals surface area contributed by atoms with Gasteiger partial charge in [-0.15, -0.1) is 0 Å². The monoisotopic (exact) mass is 469 g/mol. The largest absolute Gasteiger partial charge is 0.494 e. The molecule has 0 radical (unpaired) electrons. The number of nitrogens with one attached hydrogen (secondary N) is 3. The quantitative estimate of drug-likeness (QED) is 0.297. The Bertz CT molecular complexity index is 1650. The van der Waals surface area contributed by atoms with Crippen molar-refractivity contribution in [3.05, 3.63) is 84.1 Å². The number of aromatic hydroxyl groups is 1. The lowest BCUT2D eigenvalue weighted by atomic mass is 9.88. The van der Waals surface area contributed by atoms with Gasteiger partial charge in [0.05, 0.1) is 23.9 Å². The van der Waals surface area contributed by atoms with Gasteiger partial charge in [-0.05, 0) is 59.5 Å². The van der Waals surface area contributed by atoms with Gasteiger partial charge in [0, 0.05) is 17.0 Å². The van der Waals surface area contributed by atoms with E-state index >= 15 is 0 Å². The van der Waals surface area contributed by atoms with Crippen molar-refractivity contribution in [1.29, 1.82) is 0 Å². The molecule has 3 aromatic carbocycles. The number of halogens is 1. The van der Waals surface area contributed by atoms with Crippen molar-refractivity contribution in [3.8, 4) is 17.0 Å². The smallest absolute Gasteiger partial charge is 0.322 e. The summed E-state index contributed by atoms with van der Waals surface area (Å²) in [4.78, 5) is 32.7. The van der Waals surface area contributed by atoms with E-state index in [9.17, 15) is 19.1 Å². The summed E-state index contributed by atoms with van der Waals surface area (Å²) in [6, 6.07) is 14.8. The molecule has 174 valence electrons. The first-order chi connectivity index (χ1) is 16.8. The Kier molecular flexibility index (Phi) is 4.44. The van der Waals surface area contributed by atoms with Crippen LogP contribution in [0.3, 0.4) is 0 Å². The van der Waals surface area contributed by atoms with Crippen molar-refractivity contribution in [2.24, 2.45) is 0 Å². The number of imidazole rings is 1. The maximum absolute atomic E-state index is 13.7. The highest BCUT2D eigenvalue weighted by Crippen LogP contribution is 2.35. The Labute approximate surface area is 198 Å². The molecule has 1 saturated heterocycles. The maximum Gasteiger partial charge on any atom is 0.322 e. The minimum atomic E-state index is -1.45. The standard InChI is InChI=1S/C26H20FN5O3/c1-14-8-17(9-21-22(14)29-13-28-21)15-2-5-18(6-3-15)26(24(34)30-25(35)31-26)12-32-11-16-4-7-19(27)10-20(16)23(32)33/h2-11,13,33H,12H2,1H3,(H,28,29)(H2,30,31,34,35)/t26-/m0/s1. The number of nitrogens with zero attached hydrogens (tertiary/aromatic N) is 2. The molecule has 1 aliphatic rings. The van der Waals surface area contributed by atoms with Crippen LogP contribution < -0.4 is 10.6 Å². The average Bonchev–Trinajstić information content (AvgIpc) is 3.51. The number of benzene rings is 3. The van der Waals surface area contributed by atoms with Crippen molar-refractivity contribution in [2.75, 3.05) is 0 Å². The molecule has 0 aliphatic carbocycles. The van der Waals surface area contributed by atoms with Crippen molar-refractivity contribution in [2.45, 2.75) is 19.0 Å². The normalized spacial score (nSPS) is 17.8. The van der Waals surface area contributed by atoms with Gasteiger partial charge < -0.3 is 20.0 Å². The molecule has 6 rings (SSSR count). The van der Waals surface area contributed by atoms with Crippen LogP contribution in [-0.4, -0.2) is 31.6 Å². The van der Waals surface area contributed by atoms with Crippen molar-refractivity contribution >= 4 is 33.7 Å². The van der Waals surface area contributed by atoms with E-state index in [1.807, 2.05) is 31.2 Å². The highest BCUT2D eigenvalue weighted by molar-refractivity contribution is 6.07. The molecule has 8 nitrogen and oxygen atoms in total. The number of urea groups is 1. The highest BCUT2D eigenvalue weighted by Gasteiger charge is 2.48. The number of carbonyl (C=O) groups is 2. The summed E-state index contributed by atoms with van der Waals surface area (Å²) < 4.78 is 15.2. The Morgan fingerprint density at radius 2 is 1.86 bits per heavy atom. The lowest BCUT2D eigenvalue weighted by Gasteiger charge is -2.27. The first kappa shape index (κ1) is 20.9. The van der Waals surface area contributed by atoms with E-state index in [-0.39, 0.29) is 12.4 Å². The molecule has 1 fully saturated rings. The van der Waals surface area contributed by atoms with E-state index < -0.39 is 23.3 Å². The second kappa shape index (κ2) is 7.42. The summed E-state index contributed by atoms with van der Waals surface area (Å²) in [5.74, 6) is -1.20. The molecule has 9 heteroatoms. The van der Waals surface area contributed by atoms with Gasteiger partial charge in [-0.2, -0.15) is 0 Å². The third-order valence-electron chi connectivity index (χ3n) is 6.60. The molecule has 0 unspecified atom stereocenters. The number of imide groups is 1. The zero-order valence-corrected chi connectivity index (χ0v) is 18.6. The van der Waals surface area contributed by atoms with E-state index in [1.165, 1.54) is 16.7 Å². The van der Waals surface area contributed by atoms with Gasteiger partial charge in [-0.3, -0.25) is 10.1 Å². The van der Waals surface area contributed by atoms with Crippen LogP contribution in [0.4, 0.5) is 9.18 Å². The molecule has 4 N–H and O–H groups in total. The Hall–Kier alpha value is -4.66. The van der Waals surface area contributed by atoms with Crippen molar-refractivity contribution in [3.63, 3.8) is 0 Å². The average molecular weight is 469 g/mol. The van der Waals surface area contributed by atoms with Gasteiger partial charge in [0.25, 0.3) is 5.91 Å². The molecule has 3 amide bonds. The number of aryl methyl sites for hydroxylation is 1. The second-order valence-corrected chi connectivity index (χ2v) is 8.79. The van der Waals surface area contributed by atoms with Crippen molar-refractivity contribution in [1.82, 2.24) is 25.2 Å². The number of H-pyrrole nitrogens is 1. The molecular formula is C26H20FN5O3. The first-order valence-corrected chi connectivity index (χ1v) is 11.0. The third kappa shape index (κ3) is 3.23. The van der Waals surface area contributed by atoms with E-state index in [0.29, 0.717) is 16.3 Å². The van der Waals surface area contributed by atoms with Gasteiger partial charge >= 0.3 is 6.03 Å². The van der Waals surface area contributed by atoms with Gasteiger partial charge in [0.15, 0.2) is 11.4 Å². The molecule has 5 aromatic rings. The number of hydrogen-bond acceptors (Lipinski definition) is 4.